The molecule has 7 N–H and O–H groups in total. The van der Waals surface area contributed by atoms with E-state index in [1.54, 1.807) is 4.90 Å². The fraction of sp³-hybridized carbons (Fsp3) is 0.545. The summed E-state index contributed by atoms with van der Waals surface area (Å²) >= 11 is 1.48. The zero-order valence-electron chi connectivity index (χ0n) is 34.3. The van der Waals surface area contributed by atoms with Crippen molar-refractivity contribution >= 4 is 43.9 Å². The fourth-order valence-electron chi connectivity index (χ4n) is 12.4. The van der Waals surface area contributed by atoms with Gasteiger partial charge in [0, 0.05) is 35.5 Å². The Labute approximate surface area is 344 Å². The minimum Gasteiger partial charge on any atom is -0.480 e. The number of aromatic nitrogens is 3. The highest BCUT2D eigenvalue weighted by atomic mass is 32.1. The summed E-state index contributed by atoms with van der Waals surface area (Å²) < 4.78 is 15.8. The number of hydrogen-bond donors (Lipinski definition) is 6. The number of allylic oxidation sites excluding steroid dienone is 3. The van der Waals surface area contributed by atoms with Gasteiger partial charge in [-0.05, 0) is 111 Å². The molecule has 3 aromatic rings. The molecule has 4 atom stereocenters. The number of rotatable bonds is 10. The van der Waals surface area contributed by atoms with E-state index < -0.39 is 5.95 Å². The van der Waals surface area contributed by atoms with Gasteiger partial charge in [-0.15, -0.1) is 0 Å². The number of morpholine rings is 1. The number of aliphatic hydroxyl groups is 2. The highest BCUT2D eigenvalue weighted by Crippen LogP contribution is 2.72. The molecule has 4 saturated carbocycles. The molecular weight excluding hydrogens is 751 g/mol. The zero-order valence-corrected chi connectivity index (χ0v) is 35.1. The molecular formula is C44H58N9O4S+. The van der Waals surface area contributed by atoms with Crippen LogP contribution in [0.2, 0.25) is 0 Å². The number of para-hydroxylation sites is 1. The third-order valence-electron chi connectivity index (χ3n) is 13.7. The van der Waals surface area contributed by atoms with Crippen LogP contribution in [-0.4, -0.2) is 93.1 Å². The van der Waals surface area contributed by atoms with Crippen molar-refractivity contribution in [3.8, 4) is 0 Å². The minimum absolute atomic E-state index is 0.0721. The maximum atomic E-state index is 10.7. The van der Waals surface area contributed by atoms with Crippen LogP contribution in [0, 0.1) is 28.6 Å². The van der Waals surface area contributed by atoms with Crippen LogP contribution in [0.4, 0.5) is 5.13 Å². The van der Waals surface area contributed by atoms with Crippen molar-refractivity contribution in [2.75, 3.05) is 46.0 Å². The molecule has 308 valence electrons. The van der Waals surface area contributed by atoms with Crippen molar-refractivity contribution in [1.82, 2.24) is 25.0 Å². The smallest absolute Gasteiger partial charge is 0.299 e. The Morgan fingerprint density at radius 3 is 2.59 bits per heavy atom. The van der Waals surface area contributed by atoms with Gasteiger partial charge in [0.1, 0.15) is 42.8 Å². The summed E-state index contributed by atoms with van der Waals surface area (Å²) in [6, 6.07) is 7.89. The number of aliphatic hydroxyl groups excluding tert-OH is 1. The molecule has 4 bridgehead atoms. The number of likely N-dealkylation sites (tertiary alicyclic amines) is 1. The maximum absolute atomic E-state index is 10.7. The molecule has 0 radical (unpaired) electrons. The lowest BCUT2D eigenvalue weighted by molar-refractivity contribution is -0.908. The normalized spacial score (nSPS) is 31.1. The van der Waals surface area contributed by atoms with Gasteiger partial charge in [-0.25, -0.2) is 9.98 Å². The first-order valence-electron chi connectivity index (χ1n) is 20.9. The number of piperidine rings is 1. The van der Waals surface area contributed by atoms with E-state index >= 15 is 0 Å². The van der Waals surface area contributed by atoms with E-state index in [4.69, 9.17) is 20.3 Å². The van der Waals surface area contributed by atoms with Crippen LogP contribution < -0.4 is 16.0 Å². The van der Waals surface area contributed by atoms with Gasteiger partial charge in [-0.1, -0.05) is 37.3 Å². The molecule has 14 heteroatoms. The summed E-state index contributed by atoms with van der Waals surface area (Å²) in [6.45, 7) is 16.0. The molecule has 0 amide bonds. The highest BCUT2D eigenvalue weighted by molar-refractivity contribution is 7.22. The Balaban J connectivity index is 0.943. The second-order valence-electron chi connectivity index (χ2n) is 18.8. The van der Waals surface area contributed by atoms with Crippen molar-refractivity contribution in [2.45, 2.75) is 91.2 Å². The number of ether oxygens (including phenoxy) is 2. The fourth-order valence-corrected chi connectivity index (χ4v) is 13.2. The quantitative estimate of drug-likeness (QED) is 0.0812. The zero-order chi connectivity index (χ0) is 40.5. The van der Waals surface area contributed by atoms with Gasteiger partial charge in [0.05, 0.1) is 41.8 Å². The van der Waals surface area contributed by atoms with E-state index in [2.05, 4.69) is 40.7 Å². The number of thiazole rings is 1. The SMILES string of the molecule is CC(=C1\CCCN(C2=CC=C(c3cnn(CC45CC6(OCC[NH+]7CCOCC7)C[C@](C)(C4)C[C@](C)(C5)C6)c3C)C(=C(O)O)N2)C1=N)/C(N)=N\c1nc2ccccc2s1. The van der Waals surface area contributed by atoms with Crippen LogP contribution in [0.5, 0.6) is 0 Å². The van der Waals surface area contributed by atoms with Gasteiger partial charge in [0.25, 0.3) is 5.95 Å². The second kappa shape index (κ2) is 14.6. The monoisotopic (exact) mass is 808 g/mol. The molecule has 2 saturated heterocycles. The highest BCUT2D eigenvalue weighted by Gasteiger charge is 2.66. The molecule has 0 spiro atoms. The third-order valence-corrected chi connectivity index (χ3v) is 14.7. The van der Waals surface area contributed by atoms with Crippen molar-refractivity contribution in [3.05, 3.63) is 82.5 Å². The van der Waals surface area contributed by atoms with Gasteiger partial charge in [0.2, 0.25) is 5.13 Å². The molecule has 6 fully saturated rings. The summed E-state index contributed by atoms with van der Waals surface area (Å²) in [6.07, 6.45) is 14.0. The van der Waals surface area contributed by atoms with Crippen molar-refractivity contribution in [3.63, 3.8) is 0 Å². The first-order valence-corrected chi connectivity index (χ1v) is 21.7. The average Bonchev–Trinajstić information content (AvgIpc) is 3.74. The lowest BCUT2D eigenvalue weighted by Gasteiger charge is -2.69. The Bertz CT molecular complexity index is 2240. The number of aliphatic imine (C=N–C) groups is 1. The van der Waals surface area contributed by atoms with E-state index in [-0.39, 0.29) is 27.5 Å². The standard InChI is InChI=1S/C44H57N9O4S/c1-28(37(45)50-40-48-33-9-5-6-10-34(33)58-40)30-8-7-13-52(38(30)46)35-12-11-31(36(49-35)39(54)55)32-20-47-53(29(32)2)27-43-22-41(3)21-42(4,23-43)25-44(24-41,26-43)57-19-16-51-14-17-56-18-15-51/h5-6,9-12,20,46,49,54-55H,7-8,13-19,21-27H2,1-4H3,(H2,45,48,50)/p+1/b30-28-,46-38?/t41-,42+,43?,44?. The minimum atomic E-state index is -0.813. The first kappa shape index (κ1) is 39.0. The van der Waals surface area contributed by atoms with Crippen LogP contribution >= 0.6 is 11.3 Å². The molecule has 2 unspecified atom stereocenters. The summed E-state index contributed by atoms with van der Waals surface area (Å²) in [5.74, 6) is 0.395. The number of fused-ring (bicyclic) bond motifs is 1. The third kappa shape index (κ3) is 7.26. The summed E-state index contributed by atoms with van der Waals surface area (Å²) in [7, 11) is 0. The summed E-state index contributed by atoms with van der Waals surface area (Å²) in [5.41, 5.74) is 12.0. The first-order chi connectivity index (χ1) is 27.7. The maximum Gasteiger partial charge on any atom is 0.299 e. The molecule has 58 heavy (non-hydrogen) atoms. The average molecular weight is 809 g/mol. The number of nitrogens with zero attached hydrogens (tertiary/aromatic N) is 5. The van der Waals surface area contributed by atoms with Crippen molar-refractivity contribution in [1.29, 1.82) is 5.41 Å². The van der Waals surface area contributed by atoms with Crippen LogP contribution in [-0.2, 0) is 16.0 Å². The topological polar surface area (TPSA) is 172 Å². The molecule has 7 aliphatic rings. The second-order valence-corrected chi connectivity index (χ2v) is 19.8. The van der Waals surface area contributed by atoms with Gasteiger partial charge in [-0.2, -0.15) is 5.10 Å². The van der Waals surface area contributed by atoms with E-state index in [0.29, 0.717) is 41.2 Å². The number of quaternary nitrogens is 1. The lowest BCUT2D eigenvalue weighted by atomic mass is 9.39. The summed E-state index contributed by atoms with van der Waals surface area (Å²) in [4.78, 5) is 12.7. The predicted molar refractivity (Wildman–Crippen MR) is 227 cm³/mol. The molecule has 5 heterocycles. The van der Waals surface area contributed by atoms with Crippen molar-refractivity contribution in [2.24, 2.45) is 27.0 Å². The molecule has 1 aromatic carbocycles. The van der Waals surface area contributed by atoms with E-state index in [1.165, 1.54) is 30.6 Å². The van der Waals surface area contributed by atoms with E-state index in [0.717, 1.165) is 104 Å². The predicted octanol–water partition coefficient (Wildman–Crippen LogP) is 6.04. The van der Waals surface area contributed by atoms with Gasteiger partial charge >= 0.3 is 0 Å². The molecule has 3 aliphatic heterocycles. The van der Waals surface area contributed by atoms with Gasteiger partial charge in [0.15, 0.2) is 0 Å². The molecule has 13 nitrogen and oxygen atoms in total. The number of hydrogen-bond acceptors (Lipinski definition) is 10. The molecule has 10 rings (SSSR count). The Morgan fingerprint density at radius 2 is 1.84 bits per heavy atom. The Hall–Kier alpha value is -4.50. The van der Waals surface area contributed by atoms with Crippen LogP contribution in [0.1, 0.15) is 83.4 Å². The Morgan fingerprint density at radius 1 is 1.09 bits per heavy atom. The number of dihydropyridines is 1. The molecule has 4 aliphatic carbocycles. The number of nitrogens with two attached hydrogens (primary N) is 1. The van der Waals surface area contributed by atoms with Crippen LogP contribution in [0.3, 0.4) is 0 Å². The molecule has 2 aromatic heterocycles. The van der Waals surface area contributed by atoms with E-state index in [9.17, 15) is 15.6 Å². The lowest BCUT2D eigenvalue weighted by Crippen LogP contribution is -3.14. The van der Waals surface area contributed by atoms with Crippen molar-refractivity contribution < 1.29 is 24.6 Å². The number of amidine groups is 2. The van der Waals surface area contributed by atoms with Crippen LogP contribution in [0.25, 0.3) is 15.8 Å². The Kier molecular flexibility index (Phi) is 9.85. The summed E-state index contributed by atoms with van der Waals surface area (Å²) in [5, 5.41) is 39.4. The van der Waals surface area contributed by atoms with Crippen LogP contribution in [0.15, 0.2) is 76.2 Å². The largest absolute Gasteiger partial charge is 0.480 e. The van der Waals surface area contributed by atoms with Gasteiger partial charge < -0.3 is 40.5 Å². The number of benzene rings is 1. The van der Waals surface area contributed by atoms with Gasteiger partial charge in [-0.3, -0.25) is 10.1 Å². The van der Waals surface area contributed by atoms with E-state index in [1.807, 2.05) is 54.4 Å². The number of nitrogens with one attached hydrogen (secondary N) is 3.